The molecule has 0 radical (unpaired) electrons. The normalized spacial score (nSPS) is 10.4. The number of carbonyl (C=O) groups excluding carboxylic acids is 1. The molecule has 0 unspecified atom stereocenters. The molecule has 1 aromatic carbocycles. The average Bonchev–Trinajstić information content (AvgIpc) is 2.18. The lowest BCUT2D eigenvalue weighted by atomic mass is 9.94. The van der Waals surface area contributed by atoms with Crippen LogP contribution in [0.4, 0.5) is 0 Å². The lowest BCUT2D eigenvalue weighted by molar-refractivity contribution is 0.523. The van der Waals surface area contributed by atoms with Gasteiger partial charge in [0, 0.05) is 0 Å². The zero-order chi connectivity index (χ0) is 10.6. The topological polar surface area (TPSA) is 29.4 Å². The Bertz CT molecular complexity index is 370. The van der Waals surface area contributed by atoms with Gasteiger partial charge in [-0.1, -0.05) is 36.9 Å². The van der Waals surface area contributed by atoms with Gasteiger partial charge in [-0.3, -0.25) is 0 Å². The maximum Gasteiger partial charge on any atom is 0.235 e. The number of hydrogen-bond donors (Lipinski definition) is 0. The van der Waals surface area contributed by atoms with Crippen molar-refractivity contribution in [3.63, 3.8) is 0 Å². The van der Waals surface area contributed by atoms with Gasteiger partial charge in [0.15, 0.2) is 0 Å². The molecule has 0 aliphatic rings. The maximum atomic E-state index is 10.2. The van der Waals surface area contributed by atoms with Crippen LogP contribution in [0, 0.1) is 0 Å². The summed E-state index contributed by atoms with van der Waals surface area (Å²) in [6.45, 7) is 7.42. The number of hydrogen-bond acceptors (Lipinski definition) is 2. The summed E-state index contributed by atoms with van der Waals surface area (Å²) in [4.78, 5) is 14.0. The average molecular weight is 187 g/mol. The molecule has 0 spiro atoms. The molecule has 2 nitrogen and oxygen atoms in total. The molecule has 0 aliphatic carbocycles. The van der Waals surface area contributed by atoms with Gasteiger partial charge in [0.05, 0.1) is 5.54 Å². The van der Waals surface area contributed by atoms with E-state index in [4.69, 9.17) is 0 Å². The van der Waals surface area contributed by atoms with E-state index in [1.54, 1.807) is 12.2 Å². The van der Waals surface area contributed by atoms with Gasteiger partial charge in [0.2, 0.25) is 6.08 Å². The number of benzene rings is 1. The number of rotatable bonds is 3. The zero-order valence-electron chi connectivity index (χ0n) is 8.45. The first-order valence-electron chi connectivity index (χ1n) is 4.42. The van der Waals surface area contributed by atoms with E-state index in [1.165, 1.54) is 0 Å². The first-order valence-corrected chi connectivity index (χ1v) is 4.42. The van der Waals surface area contributed by atoms with Gasteiger partial charge in [-0.15, -0.1) is 0 Å². The Morgan fingerprint density at radius 1 is 1.36 bits per heavy atom. The summed E-state index contributed by atoms with van der Waals surface area (Å²) in [5, 5.41) is 0. The fourth-order valence-corrected chi connectivity index (χ4v) is 1.21. The van der Waals surface area contributed by atoms with E-state index in [-0.39, 0.29) is 0 Å². The molecule has 0 atom stereocenters. The van der Waals surface area contributed by atoms with Crippen LogP contribution >= 0.6 is 0 Å². The molecule has 0 saturated heterocycles. The van der Waals surface area contributed by atoms with Crippen LogP contribution in [0.2, 0.25) is 0 Å². The molecule has 0 saturated carbocycles. The summed E-state index contributed by atoms with van der Waals surface area (Å²) in [5.41, 5.74) is 1.55. The standard InChI is InChI=1S/C12H13NO/c1-4-10-5-7-11(8-6-10)12(2,3)13-9-14/h4-8H,1H2,2-3H3. The van der Waals surface area contributed by atoms with Crippen molar-refractivity contribution in [1.82, 2.24) is 0 Å². The fourth-order valence-electron chi connectivity index (χ4n) is 1.21. The Kier molecular flexibility index (Phi) is 3.00. The largest absolute Gasteiger partial charge is 0.235 e. The molecule has 1 rings (SSSR count). The van der Waals surface area contributed by atoms with Crippen molar-refractivity contribution in [2.75, 3.05) is 0 Å². The van der Waals surface area contributed by atoms with E-state index in [2.05, 4.69) is 11.6 Å². The monoisotopic (exact) mass is 187 g/mol. The quantitative estimate of drug-likeness (QED) is 0.528. The minimum Gasteiger partial charge on any atom is -0.211 e. The van der Waals surface area contributed by atoms with Crippen LogP contribution in [0.25, 0.3) is 6.08 Å². The Morgan fingerprint density at radius 3 is 2.36 bits per heavy atom. The minimum atomic E-state index is -0.499. The second-order valence-corrected chi connectivity index (χ2v) is 3.59. The molecule has 14 heavy (non-hydrogen) atoms. The van der Waals surface area contributed by atoms with Crippen LogP contribution in [0.15, 0.2) is 35.8 Å². The van der Waals surface area contributed by atoms with Crippen LogP contribution in [0.5, 0.6) is 0 Å². The van der Waals surface area contributed by atoms with E-state index in [9.17, 15) is 4.79 Å². The molecule has 0 heterocycles. The predicted molar refractivity (Wildman–Crippen MR) is 57.7 cm³/mol. The van der Waals surface area contributed by atoms with Crippen molar-refractivity contribution in [2.45, 2.75) is 19.4 Å². The smallest absolute Gasteiger partial charge is 0.211 e. The summed E-state index contributed by atoms with van der Waals surface area (Å²) in [6.07, 6.45) is 3.37. The van der Waals surface area contributed by atoms with Gasteiger partial charge in [-0.25, -0.2) is 4.79 Å². The molecule has 1 aromatic rings. The van der Waals surface area contributed by atoms with Crippen LogP contribution in [0.1, 0.15) is 25.0 Å². The maximum absolute atomic E-state index is 10.2. The second-order valence-electron chi connectivity index (χ2n) is 3.59. The zero-order valence-corrected chi connectivity index (χ0v) is 8.45. The molecule has 2 heteroatoms. The SMILES string of the molecule is C=Cc1ccc(C(C)(C)N=C=O)cc1. The fraction of sp³-hybridized carbons (Fsp3) is 0.250. The molecular formula is C12H13NO. The number of nitrogens with zero attached hydrogens (tertiary/aromatic N) is 1. The highest BCUT2D eigenvalue weighted by Gasteiger charge is 2.18. The van der Waals surface area contributed by atoms with Gasteiger partial charge in [0.1, 0.15) is 0 Å². The van der Waals surface area contributed by atoms with E-state index in [0.29, 0.717) is 0 Å². The van der Waals surface area contributed by atoms with Gasteiger partial charge >= 0.3 is 0 Å². The van der Waals surface area contributed by atoms with Gasteiger partial charge < -0.3 is 0 Å². The van der Waals surface area contributed by atoms with Crippen molar-refractivity contribution in [2.24, 2.45) is 4.99 Å². The van der Waals surface area contributed by atoms with Crippen molar-refractivity contribution < 1.29 is 4.79 Å². The minimum absolute atomic E-state index is 0.499. The second kappa shape index (κ2) is 4.03. The Hall–Kier alpha value is -1.66. The third-order valence-corrected chi connectivity index (χ3v) is 2.18. The third kappa shape index (κ3) is 2.18. The van der Waals surface area contributed by atoms with Crippen molar-refractivity contribution in [3.8, 4) is 0 Å². The Balaban J connectivity index is 3.08. The molecular weight excluding hydrogens is 174 g/mol. The van der Waals surface area contributed by atoms with Crippen LogP contribution in [-0.4, -0.2) is 6.08 Å². The van der Waals surface area contributed by atoms with Gasteiger partial charge in [0.25, 0.3) is 0 Å². The molecule has 0 amide bonds. The number of isocyanates is 1. The van der Waals surface area contributed by atoms with Gasteiger partial charge in [-0.2, -0.15) is 4.99 Å². The molecule has 0 fully saturated rings. The molecule has 0 bridgehead atoms. The van der Waals surface area contributed by atoms with E-state index in [1.807, 2.05) is 38.1 Å². The summed E-state index contributed by atoms with van der Waals surface area (Å²) in [5.74, 6) is 0. The summed E-state index contributed by atoms with van der Waals surface area (Å²) >= 11 is 0. The van der Waals surface area contributed by atoms with Crippen molar-refractivity contribution in [3.05, 3.63) is 42.0 Å². The lowest BCUT2D eigenvalue weighted by Crippen LogP contribution is -2.13. The van der Waals surface area contributed by atoms with Crippen molar-refractivity contribution >= 4 is 12.2 Å². The Morgan fingerprint density at radius 2 is 1.93 bits per heavy atom. The van der Waals surface area contributed by atoms with E-state index >= 15 is 0 Å². The van der Waals surface area contributed by atoms with Crippen LogP contribution in [0.3, 0.4) is 0 Å². The first-order chi connectivity index (χ1) is 6.60. The molecule has 0 N–H and O–H groups in total. The molecule has 0 aliphatic heterocycles. The summed E-state index contributed by atoms with van der Waals surface area (Å²) in [6, 6.07) is 7.78. The third-order valence-electron chi connectivity index (χ3n) is 2.18. The lowest BCUT2D eigenvalue weighted by Gasteiger charge is -2.17. The summed E-state index contributed by atoms with van der Waals surface area (Å²) < 4.78 is 0. The summed E-state index contributed by atoms with van der Waals surface area (Å²) in [7, 11) is 0. The van der Waals surface area contributed by atoms with E-state index in [0.717, 1.165) is 11.1 Å². The Labute approximate surface area is 84.0 Å². The van der Waals surface area contributed by atoms with Crippen molar-refractivity contribution in [1.29, 1.82) is 0 Å². The van der Waals surface area contributed by atoms with Crippen LogP contribution < -0.4 is 0 Å². The van der Waals surface area contributed by atoms with E-state index < -0.39 is 5.54 Å². The predicted octanol–water partition coefficient (Wildman–Crippen LogP) is 2.90. The van der Waals surface area contributed by atoms with Gasteiger partial charge in [-0.05, 0) is 25.0 Å². The first kappa shape index (κ1) is 10.4. The highest BCUT2D eigenvalue weighted by atomic mass is 16.1. The molecule has 0 aromatic heterocycles. The molecule has 72 valence electrons. The highest BCUT2D eigenvalue weighted by molar-refractivity contribution is 5.48. The van der Waals surface area contributed by atoms with Crippen LogP contribution in [-0.2, 0) is 10.3 Å². The number of aliphatic imine (C=N–C) groups is 1. The highest BCUT2D eigenvalue weighted by Crippen LogP contribution is 2.24.